The minimum absolute atomic E-state index is 0.0913. The van der Waals surface area contributed by atoms with E-state index in [-0.39, 0.29) is 17.7 Å². The van der Waals surface area contributed by atoms with Crippen molar-refractivity contribution in [3.8, 4) is 5.75 Å². The Kier molecular flexibility index (Phi) is 10.2. The molecule has 1 fully saturated rings. The molecule has 1 aliphatic carbocycles. The van der Waals surface area contributed by atoms with E-state index < -0.39 is 29.7 Å². The van der Waals surface area contributed by atoms with E-state index in [1.54, 1.807) is 68.6 Å². The molecule has 1 aliphatic rings. The second kappa shape index (κ2) is 13.0. The Bertz CT molecular complexity index is 1190. The van der Waals surface area contributed by atoms with Crippen molar-refractivity contribution in [1.82, 2.24) is 10.2 Å². The van der Waals surface area contributed by atoms with Crippen molar-refractivity contribution in [3.05, 3.63) is 58.1 Å². The standard InChI is InChI=1S/C29H38ClN3O5S/c1-17-8-7-9-21(30)24(17)32-26(35)25(19-10-13-23(34)18(2)16-19)33(20-11-12-20)27(36)22(14-15-39-6)31-28(37)38-29(3,4)5/h7-10,13,16,20,22,25,34H,11-12,14-15H2,1-6H3,(H,31,37)(H,32,35). The van der Waals surface area contributed by atoms with Crippen LogP contribution in [-0.2, 0) is 14.3 Å². The molecule has 0 bridgehead atoms. The van der Waals surface area contributed by atoms with Crippen molar-refractivity contribution in [2.75, 3.05) is 17.3 Å². The molecule has 212 valence electrons. The number of phenols is 1. The minimum Gasteiger partial charge on any atom is -0.508 e. The summed E-state index contributed by atoms with van der Waals surface area (Å²) in [6, 6.07) is 8.13. The summed E-state index contributed by atoms with van der Waals surface area (Å²) in [6.45, 7) is 8.85. The predicted octanol–water partition coefficient (Wildman–Crippen LogP) is 5.98. The first-order valence-corrected chi connectivity index (χ1v) is 14.8. The normalized spacial score (nSPS) is 14.7. The summed E-state index contributed by atoms with van der Waals surface area (Å²) in [5.74, 6) is -0.0798. The Morgan fingerprint density at radius 3 is 2.41 bits per heavy atom. The molecule has 3 rings (SSSR count). The highest BCUT2D eigenvalue weighted by Gasteiger charge is 2.44. The van der Waals surface area contributed by atoms with E-state index in [1.807, 2.05) is 19.2 Å². The molecular weight excluding hydrogens is 538 g/mol. The number of carbonyl (C=O) groups is 3. The summed E-state index contributed by atoms with van der Waals surface area (Å²) in [7, 11) is 0. The fourth-order valence-corrected chi connectivity index (χ4v) is 5.00. The average Bonchev–Trinajstić information content (AvgIpc) is 3.68. The van der Waals surface area contributed by atoms with Gasteiger partial charge in [-0.25, -0.2) is 4.79 Å². The number of phenolic OH excluding ortho intramolecular Hbond substituents is 1. The third-order valence-electron chi connectivity index (χ3n) is 6.33. The molecule has 1 saturated carbocycles. The van der Waals surface area contributed by atoms with Gasteiger partial charge in [-0.3, -0.25) is 9.59 Å². The third-order valence-corrected chi connectivity index (χ3v) is 7.29. The van der Waals surface area contributed by atoms with E-state index in [1.165, 1.54) is 6.07 Å². The number of ether oxygens (including phenoxy) is 1. The molecule has 8 nitrogen and oxygen atoms in total. The molecule has 2 aromatic rings. The van der Waals surface area contributed by atoms with Gasteiger partial charge in [0.05, 0.1) is 10.7 Å². The maximum absolute atomic E-state index is 14.2. The van der Waals surface area contributed by atoms with Gasteiger partial charge in [0.15, 0.2) is 0 Å². The number of nitrogens with zero attached hydrogens (tertiary/aromatic N) is 1. The molecule has 0 aliphatic heterocycles. The SMILES string of the molecule is CSCCC(NC(=O)OC(C)(C)C)C(=O)N(C1CC1)C(C(=O)Nc1c(C)cccc1Cl)c1ccc(O)c(C)c1. The lowest BCUT2D eigenvalue weighted by atomic mass is 9.99. The number of hydrogen-bond acceptors (Lipinski definition) is 6. The number of para-hydroxylation sites is 1. The van der Waals surface area contributed by atoms with E-state index in [2.05, 4.69) is 10.6 Å². The summed E-state index contributed by atoms with van der Waals surface area (Å²) < 4.78 is 5.43. The van der Waals surface area contributed by atoms with Crippen LogP contribution in [0.1, 0.15) is 62.8 Å². The lowest BCUT2D eigenvalue weighted by molar-refractivity contribution is -0.141. The first-order chi connectivity index (χ1) is 18.3. The number of anilines is 1. The lowest BCUT2D eigenvalue weighted by Gasteiger charge is -2.35. The summed E-state index contributed by atoms with van der Waals surface area (Å²) >= 11 is 7.97. The molecule has 3 amide bonds. The first kappa shape index (κ1) is 30.6. The average molecular weight is 576 g/mol. The molecule has 0 saturated heterocycles. The summed E-state index contributed by atoms with van der Waals surface area (Å²) in [6.07, 6.45) is 3.08. The van der Waals surface area contributed by atoms with Gasteiger partial charge in [-0.1, -0.05) is 29.8 Å². The van der Waals surface area contributed by atoms with Crippen LogP contribution in [-0.4, -0.2) is 57.6 Å². The molecule has 3 N–H and O–H groups in total. The number of rotatable bonds is 10. The van der Waals surface area contributed by atoms with Crippen LogP contribution >= 0.6 is 23.4 Å². The smallest absolute Gasteiger partial charge is 0.408 e. The number of carbonyl (C=O) groups excluding carboxylic acids is 3. The molecule has 2 unspecified atom stereocenters. The summed E-state index contributed by atoms with van der Waals surface area (Å²) in [4.78, 5) is 42.4. The van der Waals surface area contributed by atoms with Gasteiger partial charge in [0, 0.05) is 6.04 Å². The van der Waals surface area contributed by atoms with Crippen molar-refractivity contribution in [2.24, 2.45) is 0 Å². The number of benzene rings is 2. The molecule has 0 heterocycles. The molecular formula is C29H38ClN3O5S. The first-order valence-electron chi connectivity index (χ1n) is 13.0. The highest BCUT2D eigenvalue weighted by molar-refractivity contribution is 7.98. The Hall–Kier alpha value is -2.91. The zero-order valence-corrected chi connectivity index (χ0v) is 24.9. The van der Waals surface area contributed by atoms with Crippen molar-refractivity contribution < 1.29 is 24.2 Å². The summed E-state index contributed by atoms with van der Waals surface area (Å²) in [5.41, 5.74) is 1.65. The summed E-state index contributed by atoms with van der Waals surface area (Å²) in [5, 5.41) is 16.2. The van der Waals surface area contributed by atoms with Gasteiger partial charge in [0.1, 0.15) is 23.4 Å². The van der Waals surface area contributed by atoms with Crippen LogP contribution in [0.2, 0.25) is 5.02 Å². The van der Waals surface area contributed by atoms with Crippen molar-refractivity contribution >= 4 is 47.0 Å². The fourth-order valence-electron chi connectivity index (χ4n) is 4.26. The zero-order chi connectivity index (χ0) is 28.9. The maximum Gasteiger partial charge on any atom is 0.408 e. The van der Waals surface area contributed by atoms with Crippen LogP contribution in [0.4, 0.5) is 10.5 Å². The molecule has 2 atom stereocenters. The highest BCUT2D eigenvalue weighted by atomic mass is 35.5. The van der Waals surface area contributed by atoms with Gasteiger partial charge in [0.2, 0.25) is 5.91 Å². The Morgan fingerprint density at radius 1 is 1.15 bits per heavy atom. The number of halogens is 1. The van der Waals surface area contributed by atoms with E-state index in [0.717, 1.165) is 18.4 Å². The van der Waals surface area contributed by atoms with Gasteiger partial charge in [-0.05, 0) is 101 Å². The monoisotopic (exact) mass is 575 g/mol. The maximum atomic E-state index is 14.2. The van der Waals surface area contributed by atoms with E-state index >= 15 is 0 Å². The van der Waals surface area contributed by atoms with Crippen molar-refractivity contribution in [3.63, 3.8) is 0 Å². The minimum atomic E-state index is -1.02. The van der Waals surface area contributed by atoms with Gasteiger partial charge < -0.3 is 25.4 Å². The second-order valence-corrected chi connectivity index (χ2v) is 12.2. The number of alkyl carbamates (subject to hydrolysis) is 1. The van der Waals surface area contributed by atoms with E-state index in [0.29, 0.717) is 34.0 Å². The number of aryl methyl sites for hydroxylation is 2. The van der Waals surface area contributed by atoms with Crippen LogP contribution in [0.3, 0.4) is 0 Å². The number of hydrogen-bond donors (Lipinski definition) is 3. The molecule has 2 aromatic carbocycles. The number of amides is 3. The molecule has 0 spiro atoms. The van der Waals surface area contributed by atoms with Crippen molar-refractivity contribution in [2.45, 2.75) is 77.6 Å². The number of thioether (sulfide) groups is 1. The molecule has 0 radical (unpaired) electrons. The van der Waals surface area contributed by atoms with Gasteiger partial charge in [-0.15, -0.1) is 0 Å². The number of nitrogens with one attached hydrogen (secondary N) is 2. The van der Waals surface area contributed by atoms with Crippen LogP contribution in [0.15, 0.2) is 36.4 Å². The number of aromatic hydroxyl groups is 1. The fraction of sp³-hybridized carbons (Fsp3) is 0.483. The Labute approximate surface area is 239 Å². The Morgan fingerprint density at radius 2 is 1.85 bits per heavy atom. The quantitative estimate of drug-likeness (QED) is 0.322. The molecule has 0 aromatic heterocycles. The van der Waals surface area contributed by atoms with Gasteiger partial charge in [0.25, 0.3) is 5.91 Å². The second-order valence-electron chi connectivity index (χ2n) is 10.8. The molecule has 39 heavy (non-hydrogen) atoms. The van der Waals surface area contributed by atoms with Crippen LogP contribution in [0.25, 0.3) is 0 Å². The van der Waals surface area contributed by atoms with Crippen molar-refractivity contribution in [1.29, 1.82) is 0 Å². The van der Waals surface area contributed by atoms with Gasteiger partial charge in [-0.2, -0.15) is 11.8 Å². The third kappa shape index (κ3) is 8.29. The van der Waals surface area contributed by atoms with Crippen LogP contribution in [0.5, 0.6) is 5.75 Å². The van der Waals surface area contributed by atoms with E-state index in [4.69, 9.17) is 16.3 Å². The topological polar surface area (TPSA) is 108 Å². The predicted molar refractivity (Wildman–Crippen MR) is 156 cm³/mol. The van der Waals surface area contributed by atoms with Gasteiger partial charge >= 0.3 is 6.09 Å². The highest BCUT2D eigenvalue weighted by Crippen LogP contribution is 2.38. The largest absolute Gasteiger partial charge is 0.508 e. The van der Waals surface area contributed by atoms with Crippen LogP contribution in [0, 0.1) is 13.8 Å². The van der Waals surface area contributed by atoms with E-state index in [9.17, 15) is 19.5 Å². The zero-order valence-electron chi connectivity index (χ0n) is 23.3. The molecule has 10 heteroatoms. The van der Waals surface area contributed by atoms with Crippen LogP contribution < -0.4 is 10.6 Å². The lowest BCUT2D eigenvalue weighted by Crippen LogP contribution is -2.53. The Balaban J connectivity index is 2.03.